The Bertz CT molecular complexity index is 538. The van der Waals surface area contributed by atoms with Crippen LogP contribution < -0.4 is 5.32 Å². The zero-order valence-corrected chi connectivity index (χ0v) is 10.6. The van der Waals surface area contributed by atoms with E-state index in [1.54, 1.807) is 11.3 Å². The van der Waals surface area contributed by atoms with Crippen molar-refractivity contribution in [3.05, 3.63) is 34.2 Å². The topological polar surface area (TPSA) is 88.0 Å². The van der Waals surface area contributed by atoms with E-state index in [1.807, 2.05) is 5.38 Å². The summed E-state index contributed by atoms with van der Waals surface area (Å²) in [6, 6.07) is 0. The smallest absolute Gasteiger partial charge is 0.356 e. The number of nitrogens with one attached hydrogen (secondary N) is 1. The lowest BCUT2D eigenvalue weighted by Crippen LogP contribution is -2.05. The Morgan fingerprint density at radius 3 is 2.83 bits per heavy atom. The first-order valence-electron chi connectivity index (χ1n) is 5.41. The largest absolute Gasteiger partial charge is 0.476 e. The average Bonchev–Trinajstić information content (AvgIpc) is 2.85. The molecule has 18 heavy (non-hydrogen) atoms. The van der Waals surface area contributed by atoms with E-state index in [0.717, 1.165) is 17.1 Å². The third kappa shape index (κ3) is 3.01. The molecular weight excluding hydrogens is 252 g/mol. The number of anilines is 1. The molecule has 6 nitrogen and oxygen atoms in total. The summed E-state index contributed by atoms with van der Waals surface area (Å²) in [5, 5.41) is 14.8. The number of carbonyl (C=O) groups is 1. The summed E-state index contributed by atoms with van der Waals surface area (Å²) in [6.07, 6.45) is 3.55. The third-order valence-electron chi connectivity index (χ3n) is 2.22. The van der Waals surface area contributed by atoms with Crippen molar-refractivity contribution in [1.29, 1.82) is 0 Å². The molecule has 0 atom stereocenters. The number of hydrogen-bond donors (Lipinski definition) is 2. The Balaban J connectivity index is 1.95. The molecule has 0 aliphatic carbocycles. The number of carboxylic acid groups (broad SMARTS) is 1. The summed E-state index contributed by atoms with van der Waals surface area (Å²) < 4.78 is 0. The number of rotatable bonds is 5. The molecule has 0 saturated heterocycles. The molecule has 7 heteroatoms. The number of aromatic nitrogens is 3. The Hall–Kier alpha value is -2.02. The lowest BCUT2D eigenvalue weighted by molar-refractivity contribution is 0.0690. The first-order valence-corrected chi connectivity index (χ1v) is 6.29. The second-order valence-corrected chi connectivity index (χ2v) is 4.47. The lowest BCUT2D eigenvalue weighted by atomic mass is 10.4. The molecule has 0 aliphatic rings. The highest BCUT2D eigenvalue weighted by Crippen LogP contribution is 2.11. The van der Waals surface area contributed by atoms with Crippen LogP contribution in [0.4, 0.5) is 5.82 Å². The molecule has 0 fully saturated rings. The molecule has 0 spiro atoms. The van der Waals surface area contributed by atoms with E-state index in [-0.39, 0.29) is 5.69 Å². The maximum Gasteiger partial charge on any atom is 0.356 e. The first-order chi connectivity index (χ1) is 8.69. The van der Waals surface area contributed by atoms with Crippen LogP contribution in [-0.2, 0) is 13.0 Å². The van der Waals surface area contributed by atoms with Gasteiger partial charge in [-0.25, -0.2) is 19.7 Å². The predicted molar refractivity (Wildman–Crippen MR) is 67.8 cm³/mol. The van der Waals surface area contributed by atoms with Gasteiger partial charge in [-0.3, -0.25) is 0 Å². The number of hydrogen-bond acceptors (Lipinski definition) is 6. The molecule has 0 bridgehead atoms. The van der Waals surface area contributed by atoms with Crippen LogP contribution in [-0.4, -0.2) is 26.0 Å². The molecule has 0 aromatic carbocycles. The highest BCUT2D eigenvalue weighted by Gasteiger charge is 2.05. The van der Waals surface area contributed by atoms with Crippen molar-refractivity contribution in [2.45, 2.75) is 19.9 Å². The van der Waals surface area contributed by atoms with Crippen LogP contribution in [0, 0.1) is 0 Å². The van der Waals surface area contributed by atoms with E-state index in [0.29, 0.717) is 12.4 Å². The van der Waals surface area contributed by atoms with Crippen LogP contribution in [0.1, 0.15) is 28.1 Å². The second-order valence-electron chi connectivity index (χ2n) is 3.53. The fourth-order valence-corrected chi connectivity index (χ4v) is 2.05. The van der Waals surface area contributed by atoms with Crippen molar-refractivity contribution in [3.8, 4) is 0 Å². The van der Waals surface area contributed by atoms with Crippen molar-refractivity contribution < 1.29 is 9.90 Å². The minimum Gasteiger partial charge on any atom is -0.476 e. The zero-order valence-electron chi connectivity index (χ0n) is 9.75. The van der Waals surface area contributed by atoms with E-state index >= 15 is 0 Å². The van der Waals surface area contributed by atoms with Gasteiger partial charge >= 0.3 is 5.97 Å². The summed E-state index contributed by atoms with van der Waals surface area (Å²) in [7, 11) is 0. The predicted octanol–water partition coefficient (Wildman–Crippen LogP) is 1.81. The minimum atomic E-state index is -1.08. The number of carboxylic acids is 1. The summed E-state index contributed by atoms with van der Waals surface area (Å²) >= 11 is 1.63. The maximum absolute atomic E-state index is 10.6. The molecule has 0 saturated carbocycles. The Labute approximate surface area is 108 Å². The van der Waals surface area contributed by atoms with Crippen LogP contribution in [0.3, 0.4) is 0 Å². The van der Waals surface area contributed by atoms with Gasteiger partial charge in [-0.15, -0.1) is 11.3 Å². The SMILES string of the molecule is CCc1nc(CNc2cnc(C(=O)O)cn2)cs1. The van der Waals surface area contributed by atoms with Crippen molar-refractivity contribution in [2.24, 2.45) is 0 Å². The van der Waals surface area contributed by atoms with Gasteiger partial charge in [0.1, 0.15) is 5.82 Å². The van der Waals surface area contributed by atoms with Crippen LogP contribution in [0.5, 0.6) is 0 Å². The van der Waals surface area contributed by atoms with E-state index < -0.39 is 5.97 Å². The summed E-state index contributed by atoms with van der Waals surface area (Å²) in [4.78, 5) is 22.7. The van der Waals surface area contributed by atoms with E-state index in [2.05, 4.69) is 27.2 Å². The standard InChI is InChI=1S/C11H12N4O2S/c1-2-10-15-7(6-18-10)3-13-9-5-12-8(4-14-9)11(16)17/h4-6H,2-3H2,1H3,(H,13,14)(H,16,17). The molecular formula is C11H12N4O2S. The number of thiazole rings is 1. The minimum absolute atomic E-state index is 0.0672. The van der Waals surface area contributed by atoms with Crippen LogP contribution in [0.25, 0.3) is 0 Å². The highest BCUT2D eigenvalue weighted by molar-refractivity contribution is 7.09. The van der Waals surface area contributed by atoms with Gasteiger partial charge in [-0.05, 0) is 6.42 Å². The zero-order chi connectivity index (χ0) is 13.0. The van der Waals surface area contributed by atoms with Gasteiger partial charge in [0.15, 0.2) is 5.69 Å². The van der Waals surface area contributed by atoms with Gasteiger partial charge in [0.05, 0.1) is 29.6 Å². The number of nitrogens with zero attached hydrogens (tertiary/aromatic N) is 3. The van der Waals surface area contributed by atoms with Gasteiger partial charge < -0.3 is 10.4 Å². The van der Waals surface area contributed by atoms with Gasteiger partial charge in [0.25, 0.3) is 0 Å². The number of aromatic carboxylic acids is 1. The molecule has 2 rings (SSSR count). The molecule has 0 aliphatic heterocycles. The average molecular weight is 264 g/mol. The molecule has 0 amide bonds. The van der Waals surface area contributed by atoms with Crippen LogP contribution >= 0.6 is 11.3 Å². The van der Waals surface area contributed by atoms with Crippen molar-refractivity contribution in [2.75, 3.05) is 5.32 Å². The van der Waals surface area contributed by atoms with Crippen LogP contribution in [0.2, 0.25) is 0 Å². The maximum atomic E-state index is 10.6. The van der Waals surface area contributed by atoms with Crippen molar-refractivity contribution in [3.63, 3.8) is 0 Å². The summed E-state index contributed by atoms with van der Waals surface area (Å²) in [5.74, 6) is -0.549. The molecule has 94 valence electrons. The van der Waals surface area contributed by atoms with E-state index in [4.69, 9.17) is 5.11 Å². The Kier molecular flexibility index (Phi) is 3.83. The van der Waals surface area contributed by atoms with Crippen molar-refractivity contribution >= 4 is 23.1 Å². The molecule has 2 N–H and O–H groups in total. The highest BCUT2D eigenvalue weighted by atomic mass is 32.1. The lowest BCUT2D eigenvalue weighted by Gasteiger charge is -2.02. The monoisotopic (exact) mass is 264 g/mol. The van der Waals surface area contributed by atoms with Crippen molar-refractivity contribution in [1.82, 2.24) is 15.0 Å². The second kappa shape index (κ2) is 5.54. The van der Waals surface area contributed by atoms with Gasteiger partial charge in [-0.1, -0.05) is 6.92 Å². The molecule has 2 aromatic heterocycles. The number of aryl methyl sites for hydroxylation is 1. The molecule has 0 radical (unpaired) electrons. The molecule has 2 heterocycles. The quantitative estimate of drug-likeness (QED) is 0.856. The third-order valence-corrected chi connectivity index (χ3v) is 3.27. The summed E-state index contributed by atoms with van der Waals surface area (Å²) in [6.45, 7) is 2.61. The van der Waals surface area contributed by atoms with Gasteiger partial charge in [-0.2, -0.15) is 0 Å². The molecule has 0 unspecified atom stereocenters. The van der Waals surface area contributed by atoms with E-state index in [9.17, 15) is 4.79 Å². The first kappa shape index (κ1) is 12.4. The van der Waals surface area contributed by atoms with E-state index in [1.165, 1.54) is 12.4 Å². The Morgan fingerprint density at radius 2 is 2.28 bits per heavy atom. The fourth-order valence-electron chi connectivity index (χ4n) is 1.30. The van der Waals surface area contributed by atoms with Gasteiger partial charge in [0.2, 0.25) is 0 Å². The molecule has 2 aromatic rings. The van der Waals surface area contributed by atoms with Crippen LogP contribution in [0.15, 0.2) is 17.8 Å². The Morgan fingerprint density at radius 1 is 1.44 bits per heavy atom. The summed E-state index contributed by atoms with van der Waals surface area (Å²) in [5.41, 5.74) is 0.878. The van der Waals surface area contributed by atoms with Gasteiger partial charge in [0, 0.05) is 5.38 Å². The fraction of sp³-hybridized carbons (Fsp3) is 0.273. The normalized spacial score (nSPS) is 10.3.